The van der Waals surface area contributed by atoms with E-state index in [-0.39, 0.29) is 23.1 Å². The van der Waals surface area contributed by atoms with Gasteiger partial charge < -0.3 is 19.5 Å². The van der Waals surface area contributed by atoms with Crippen LogP contribution in [0.4, 0.5) is 4.79 Å². The summed E-state index contributed by atoms with van der Waals surface area (Å²) in [6, 6.07) is 5.61. The number of hydrogen-bond acceptors (Lipinski definition) is 4. The second-order valence-corrected chi connectivity index (χ2v) is 6.54. The van der Waals surface area contributed by atoms with Crippen molar-refractivity contribution in [2.24, 2.45) is 0 Å². The fraction of sp³-hybridized carbons (Fsp3) is 0.421. The number of H-pyrrole nitrogens is 1. The van der Waals surface area contributed by atoms with Crippen molar-refractivity contribution in [1.29, 1.82) is 0 Å². The molecule has 0 unspecified atom stereocenters. The van der Waals surface area contributed by atoms with E-state index in [1.165, 1.54) is 0 Å². The SMILES string of the molecule is CCOC(=O)N1CCN(C(=O)c2cc3cc(C)cc(C)c3[nH]c2=O)CC1. The van der Waals surface area contributed by atoms with E-state index in [0.717, 1.165) is 22.0 Å². The first-order valence-electron chi connectivity index (χ1n) is 8.76. The molecule has 2 aromatic rings. The highest BCUT2D eigenvalue weighted by Gasteiger charge is 2.27. The third-order valence-corrected chi connectivity index (χ3v) is 4.62. The summed E-state index contributed by atoms with van der Waals surface area (Å²) in [5, 5.41) is 0.843. The van der Waals surface area contributed by atoms with Crippen molar-refractivity contribution >= 4 is 22.9 Å². The van der Waals surface area contributed by atoms with Crippen molar-refractivity contribution in [1.82, 2.24) is 14.8 Å². The number of hydrogen-bond donors (Lipinski definition) is 1. The molecule has 1 aromatic carbocycles. The zero-order valence-electron chi connectivity index (χ0n) is 15.3. The zero-order valence-corrected chi connectivity index (χ0v) is 15.3. The molecular weight excluding hydrogens is 334 g/mol. The largest absolute Gasteiger partial charge is 0.450 e. The fourth-order valence-electron chi connectivity index (χ4n) is 3.32. The lowest BCUT2D eigenvalue weighted by atomic mass is 10.0. The van der Waals surface area contributed by atoms with E-state index in [0.29, 0.717) is 32.8 Å². The van der Waals surface area contributed by atoms with Gasteiger partial charge in [-0.2, -0.15) is 0 Å². The average Bonchev–Trinajstić information content (AvgIpc) is 2.61. The molecule has 3 rings (SSSR count). The first-order chi connectivity index (χ1) is 12.4. The van der Waals surface area contributed by atoms with Gasteiger partial charge in [0.25, 0.3) is 11.5 Å². The van der Waals surface area contributed by atoms with Gasteiger partial charge in [-0.25, -0.2) is 4.79 Å². The van der Waals surface area contributed by atoms with Crippen LogP contribution in [0.3, 0.4) is 0 Å². The molecule has 1 N–H and O–H groups in total. The van der Waals surface area contributed by atoms with Crippen LogP contribution in [0.15, 0.2) is 23.0 Å². The number of aromatic amines is 1. The Labute approximate surface area is 151 Å². The first-order valence-corrected chi connectivity index (χ1v) is 8.76. The van der Waals surface area contributed by atoms with E-state index in [4.69, 9.17) is 4.74 Å². The van der Waals surface area contributed by atoms with Crippen molar-refractivity contribution in [2.45, 2.75) is 20.8 Å². The lowest BCUT2D eigenvalue weighted by molar-refractivity contribution is 0.0569. The van der Waals surface area contributed by atoms with Crippen LogP contribution in [-0.4, -0.2) is 59.6 Å². The van der Waals surface area contributed by atoms with Gasteiger partial charge in [0.1, 0.15) is 5.56 Å². The number of fused-ring (bicyclic) bond motifs is 1. The van der Waals surface area contributed by atoms with E-state index in [1.54, 1.807) is 22.8 Å². The van der Waals surface area contributed by atoms with Crippen molar-refractivity contribution < 1.29 is 14.3 Å². The summed E-state index contributed by atoms with van der Waals surface area (Å²) in [5.74, 6) is -0.309. The van der Waals surface area contributed by atoms with Crippen LogP contribution in [-0.2, 0) is 4.74 Å². The number of nitrogens with one attached hydrogen (secondary N) is 1. The van der Waals surface area contributed by atoms with Gasteiger partial charge in [0.05, 0.1) is 12.1 Å². The molecule has 1 aliphatic heterocycles. The summed E-state index contributed by atoms with van der Waals surface area (Å²) in [4.78, 5) is 43.0. The molecule has 138 valence electrons. The molecule has 1 fully saturated rings. The van der Waals surface area contributed by atoms with E-state index in [2.05, 4.69) is 4.98 Å². The molecule has 7 heteroatoms. The second-order valence-electron chi connectivity index (χ2n) is 6.54. The summed E-state index contributed by atoms with van der Waals surface area (Å²) in [5.41, 5.74) is 2.54. The normalized spacial score (nSPS) is 14.6. The lowest BCUT2D eigenvalue weighted by Gasteiger charge is -2.33. The second kappa shape index (κ2) is 7.19. The minimum absolute atomic E-state index is 0.132. The van der Waals surface area contributed by atoms with Gasteiger partial charge in [0.15, 0.2) is 0 Å². The highest BCUT2D eigenvalue weighted by Crippen LogP contribution is 2.19. The Morgan fingerprint density at radius 3 is 2.38 bits per heavy atom. The molecule has 0 aliphatic carbocycles. The molecule has 7 nitrogen and oxygen atoms in total. The van der Waals surface area contributed by atoms with Crippen LogP contribution in [0.5, 0.6) is 0 Å². The highest BCUT2D eigenvalue weighted by atomic mass is 16.6. The Morgan fingerprint density at radius 2 is 1.73 bits per heavy atom. The zero-order chi connectivity index (χ0) is 18.8. The molecule has 1 aromatic heterocycles. The van der Waals surface area contributed by atoms with Crippen molar-refractivity contribution in [3.63, 3.8) is 0 Å². The molecule has 0 spiro atoms. The van der Waals surface area contributed by atoms with Gasteiger partial charge in [-0.1, -0.05) is 11.6 Å². The number of rotatable bonds is 2. The van der Waals surface area contributed by atoms with Crippen LogP contribution >= 0.6 is 0 Å². The number of aromatic nitrogens is 1. The summed E-state index contributed by atoms with van der Waals surface area (Å²) >= 11 is 0. The summed E-state index contributed by atoms with van der Waals surface area (Å²) in [6.45, 7) is 7.54. The molecule has 0 saturated carbocycles. The number of amides is 2. The van der Waals surface area contributed by atoms with Gasteiger partial charge >= 0.3 is 6.09 Å². The topological polar surface area (TPSA) is 82.7 Å². The molecule has 26 heavy (non-hydrogen) atoms. The molecule has 1 saturated heterocycles. The van der Waals surface area contributed by atoms with Crippen molar-refractivity contribution in [3.05, 3.63) is 45.2 Å². The first kappa shape index (κ1) is 18.0. The smallest absolute Gasteiger partial charge is 0.409 e. The summed E-state index contributed by atoms with van der Waals surface area (Å²) < 4.78 is 4.98. The Kier molecular flexibility index (Phi) is 4.97. The van der Waals surface area contributed by atoms with E-state index < -0.39 is 0 Å². The minimum Gasteiger partial charge on any atom is -0.450 e. The highest BCUT2D eigenvalue weighted by molar-refractivity contribution is 5.97. The molecule has 0 bridgehead atoms. The van der Waals surface area contributed by atoms with Crippen LogP contribution in [0, 0.1) is 13.8 Å². The maximum atomic E-state index is 12.8. The van der Waals surface area contributed by atoms with Crippen LogP contribution in [0.2, 0.25) is 0 Å². The van der Waals surface area contributed by atoms with Gasteiger partial charge in [0.2, 0.25) is 0 Å². The van der Waals surface area contributed by atoms with Gasteiger partial charge in [-0.05, 0) is 43.9 Å². The maximum Gasteiger partial charge on any atom is 0.409 e. The molecule has 2 amide bonds. The van der Waals surface area contributed by atoms with Crippen molar-refractivity contribution in [2.75, 3.05) is 32.8 Å². The van der Waals surface area contributed by atoms with Crippen molar-refractivity contribution in [3.8, 4) is 0 Å². The van der Waals surface area contributed by atoms with Gasteiger partial charge in [0, 0.05) is 26.2 Å². The number of benzene rings is 1. The standard InChI is InChI=1S/C19H23N3O4/c1-4-26-19(25)22-7-5-21(6-8-22)18(24)15-11-14-10-12(2)9-13(3)16(14)20-17(15)23/h9-11H,4-8H2,1-3H3,(H,20,23). The third-order valence-electron chi connectivity index (χ3n) is 4.62. The minimum atomic E-state index is -0.387. The molecule has 1 aliphatic rings. The molecular formula is C19H23N3O4. The van der Waals surface area contributed by atoms with Crippen LogP contribution < -0.4 is 5.56 Å². The van der Waals surface area contributed by atoms with E-state index in [9.17, 15) is 14.4 Å². The lowest BCUT2D eigenvalue weighted by Crippen LogP contribution is -2.51. The predicted octanol–water partition coefficient (Wildman–Crippen LogP) is 2.06. The number of nitrogens with zero attached hydrogens (tertiary/aromatic N) is 2. The molecule has 0 radical (unpaired) electrons. The Hall–Kier alpha value is -2.83. The maximum absolute atomic E-state index is 12.8. The van der Waals surface area contributed by atoms with E-state index in [1.807, 2.05) is 26.0 Å². The third kappa shape index (κ3) is 3.42. The molecule has 2 heterocycles. The number of aryl methyl sites for hydroxylation is 2. The Bertz CT molecular complexity index is 911. The van der Waals surface area contributed by atoms with Crippen LogP contribution in [0.1, 0.15) is 28.4 Å². The van der Waals surface area contributed by atoms with Crippen LogP contribution in [0.25, 0.3) is 10.9 Å². The fourth-order valence-corrected chi connectivity index (χ4v) is 3.32. The molecule has 0 atom stereocenters. The number of carbonyl (C=O) groups is 2. The number of ether oxygens (including phenoxy) is 1. The quantitative estimate of drug-likeness (QED) is 0.892. The number of carbonyl (C=O) groups excluding carboxylic acids is 2. The van der Waals surface area contributed by atoms with E-state index >= 15 is 0 Å². The Balaban J connectivity index is 1.81. The van der Waals surface area contributed by atoms with Gasteiger partial charge in [-0.15, -0.1) is 0 Å². The summed E-state index contributed by atoms with van der Waals surface area (Å²) in [7, 11) is 0. The van der Waals surface area contributed by atoms with Gasteiger partial charge in [-0.3, -0.25) is 9.59 Å². The predicted molar refractivity (Wildman–Crippen MR) is 98.5 cm³/mol. The number of piperazine rings is 1. The summed E-state index contributed by atoms with van der Waals surface area (Å²) in [6.07, 6.45) is -0.367. The monoisotopic (exact) mass is 357 g/mol. The average molecular weight is 357 g/mol. The number of pyridine rings is 1. The Morgan fingerprint density at radius 1 is 1.08 bits per heavy atom.